The molecule has 0 aromatic rings. The molecule has 0 spiro atoms. The van der Waals surface area contributed by atoms with Gasteiger partial charge in [0.05, 0.1) is 6.61 Å². The quantitative estimate of drug-likeness (QED) is 0.298. The second kappa shape index (κ2) is 22.6. The van der Waals surface area contributed by atoms with Crippen LogP contribution in [0.25, 0.3) is 0 Å². The van der Waals surface area contributed by atoms with Gasteiger partial charge >= 0.3 is 35.5 Å². The Kier molecular flexibility index (Phi) is 70.1. The van der Waals surface area contributed by atoms with Gasteiger partial charge in [-0.2, -0.15) is 0 Å². The van der Waals surface area contributed by atoms with Crippen LogP contribution in [0.15, 0.2) is 0 Å². The third kappa shape index (κ3) is 37.8. The number of rotatable bonds is 1. The summed E-state index contributed by atoms with van der Waals surface area (Å²) in [5, 5.41) is 0. The Hall–Kier alpha value is 0.680. The molecule has 0 amide bonds. The summed E-state index contributed by atoms with van der Waals surface area (Å²) in [5.41, 5.74) is 0. The summed E-state index contributed by atoms with van der Waals surface area (Å²) in [6, 6.07) is 0. The van der Waals surface area contributed by atoms with E-state index in [0.717, 1.165) is 0 Å². The van der Waals surface area contributed by atoms with E-state index in [1.54, 1.807) is 6.92 Å². The number of hydrogen-bond acceptors (Lipinski definition) is 2. The van der Waals surface area contributed by atoms with E-state index in [0.29, 0.717) is 6.61 Å². The van der Waals surface area contributed by atoms with Gasteiger partial charge < -0.3 is 28.1 Å². The first-order chi connectivity index (χ1) is 2.77. The summed E-state index contributed by atoms with van der Waals surface area (Å²) in [6.07, 6.45) is 0. The van der Waals surface area contributed by atoms with Crippen LogP contribution in [0, 0.1) is 0 Å². The smallest absolute Gasteiger partial charge is 1.00 e. The molecule has 4 nitrogen and oxygen atoms in total. The molecule has 0 saturated carbocycles. The summed E-state index contributed by atoms with van der Waals surface area (Å²) in [7, 11) is 0. The Morgan fingerprint density at radius 2 is 1.70 bits per heavy atom. The van der Waals surface area contributed by atoms with E-state index >= 15 is 0 Å². The van der Waals surface area contributed by atoms with Crippen LogP contribution in [0.5, 0.6) is 0 Å². The number of esters is 1. The first-order valence-corrected chi connectivity index (χ1v) is 1.90. The molecule has 0 bridgehead atoms. The van der Waals surface area contributed by atoms with E-state index in [9.17, 15) is 4.79 Å². The topological polar surface area (TPSA) is 89.3 Å². The zero-order chi connectivity index (χ0) is 4.99. The molecule has 0 saturated heterocycles. The van der Waals surface area contributed by atoms with Gasteiger partial charge in [0, 0.05) is 6.92 Å². The number of hydrogen-bond donors (Lipinski definition) is 0. The van der Waals surface area contributed by atoms with E-state index in [1.807, 2.05) is 0 Å². The van der Waals surface area contributed by atoms with Crippen molar-refractivity contribution in [3.8, 4) is 0 Å². The molecule has 0 heterocycles. The molecule has 0 aromatic carbocycles. The summed E-state index contributed by atoms with van der Waals surface area (Å²) in [5.74, 6) is -0.211. The maximum Gasteiger partial charge on any atom is 1.00 e. The predicted octanol–water partition coefficient (Wildman–Crippen LogP) is -7.07. The first kappa shape index (κ1) is 31.0. The average Bonchev–Trinajstić information content (AvgIpc) is 1.35. The second-order valence-corrected chi connectivity index (χ2v) is 0.925. The van der Waals surface area contributed by atoms with Gasteiger partial charge in [0.2, 0.25) is 0 Å². The van der Waals surface area contributed by atoms with Crippen LogP contribution in [0.2, 0.25) is 0 Å². The molecule has 4 N–H and O–H groups in total. The van der Waals surface area contributed by atoms with Gasteiger partial charge in [-0.1, -0.05) is 0 Å². The predicted molar refractivity (Wildman–Crippen MR) is 29.5 cm³/mol. The fourth-order valence-electron chi connectivity index (χ4n) is 0.203. The van der Waals surface area contributed by atoms with Crippen LogP contribution in [0.1, 0.15) is 13.8 Å². The first-order valence-electron chi connectivity index (χ1n) is 1.90. The van der Waals surface area contributed by atoms with Crippen molar-refractivity contribution in [1.82, 2.24) is 0 Å². The number of carbonyl (C=O) groups excluding carboxylic acids is 1. The minimum Gasteiger partial charge on any atom is -1.00 e. The van der Waals surface area contributed by atoms with Crippen LogP contribution in [-0.4, -0.2) is 23.5 Å². The normalized spacial score (nSPS) is 4.60. The van der Waals surface area contributed by atoms with Crippen LogP contribution >= 0.6 is 0 Å². The number of halogens is 1. The van der Waals surface area contributed by atoms with Gasteiger partial charge in [-0.3, -0.25) is 4.79 Å². The van der Waals surface area contributed by atoms with E-state index in [2.05, 4.69) is 4.74 Å². The molecule has 0 aromatic heterocycles. The SMILES string of the molecule is CCOC(C)=O.O.O.[Cl-].[Na+]. The Bertz CT molecular complexity index is 61.2. The van der Waals surface area contributed by atoms with Crippen molar-refractivity contribution < 1.29 is 62.4 Å². The molecule has 10 heavy (non-hydrogen) atoms. The van der Waals surface area contributed by atoms with E-state index in [-0.39, 0.29) is 58.9 Å². The van der Waals surface area contributed by atoms with Crippen LogP contribution in [0.3, 0.4) is 0 Å². The molecule has 0 radical (unpaired) electrons. The summed E-state index contributed by atoms with van der Waals surface area (Å²) in [6.45, 7) is 3.65. The molecular weight excluding hydrogens is 170 g/mol. The molecule has 60 valence electrons. The third-order valence-electron chi connectivity index (χ3n) is 0.348. The zero-order valence-electron chi connectivity index (χ0n) is 6.40. The van der Waals surface area contributed by atoms with Crippen molar-refractivity contribution in [2.75, 3.05) is 6.61 Å². The molecule has 0 atom stereocenters. The van der Waals surface area contributed by atoms with Crippen LogP contribution < -0.4 is 42.0 Å². The van der Waals surface area contributed by atoms with Crippen molar-refractivity contribution in [2.45, 2.75) is 13.8 Å². The van der Waals surface area contributed by atoms with Gasteiger partial charge in [-0.25, -0.2) is 0 Å². The molecule has 0 fully saturated rings. The molecule has 0 rings (SSSR count). The Labute approximate surface area is 88.6 Å². The molecule has 0 aliphatic heterocycles. The largest absolute Gasteiger partial charge is 1.00 e. The minimum atomic E-state index is -0.211. The van der Waals surface area contributed by atoms with E-state index in [4.69, 9.17) is 0 Å². The fraction of sp³-hybridized carbons (Fsp3) is 0.750. The fourth-order valence-corrected chi connectivity index (χ4v) is 0.203. The second-order valence-electron chi connectivity index (χ2n) is 0.925. The van der Waals surface area contributed by atoms with Gasteiger partial charge in [0.1, 0.15) is 0 Å². The van der Waals surface area contributed by atoms with Crippen molar-refractivity contribution in [2.24, 2.45) is 0 Å². The maximum atomic E-state index is 9.82. The minimum absolute atomic E-state index is 0. The van der Waals surface area contributed by atoms with Gasteiger partial charge in [-0.05, 0) is 6.92 Å². The molecule has 6 heteroatoms. The van der Waals surface area contributed by atoms with Crippen LogP contribution in [0.4, 0.5) is 0 Å². The molecular formula is C4H12ClNaO4. The number of carbonyl (C=O) groups is 1. The van der Waals surface area contributed by atoms with Crippen molar-refractivity contribution in [3.05, 3.63) is 0 Å². The van der Waals surface area contributed by atoms with Crippen molar-refractivity contribution in [1.29, 1.82) is 0 Å². The Morgan fingerprint density at radius 3 is 1.70 bits per heavy atom. The monoisotopic (exact) mass is 182 g/mol. The Morgan fingerprint density at radius 1 is 1.40 bits per heavy atom. The van der Waals surface area contributed by atoms with E-state index < -0.39 is 0 Å². The van der Waals surface area contributed by atoms with Crippen molar-refractivity contribution in [3.63, 3.8) is 0 Å². The maximum absolute atomic E-state index is 9.82. The molecule has 0 aliphatic rings. The van der Waals surface area contributed by atoms with Gasteiger partial charge in [-0.15, -0.1) is 0 Å². The standard InChI is InChI=1S/C4H8O2.ClH.Na.2H2O/c1-3-6-4(2)5;;;;/h3H2,1-2H3;1H;;2*1H2/q;;+1;;/p-1. The average molecular weight is 183 g/mol. The summed E-state index contributed by atoms with van der Waals surface area (Å²) < 4.78 is 4.40. The van der Waals surface area contributed by atoms with Gasteiger partial charge in [0.25, 0.3) is 0 Å². The summed E-state index contributed by atoms with van der Waals surface area (Å²) in [4.78, 5) is 9.82. The molecule has 0 unspecified atom stereocenters. The van der Waals surface area contributed by atoms with Crippen LogP contribution in [-0.2, 0) is 9.53 Å². The third-order valence-corrected chi connectivity index (χ3v) is 0.348. The van der Waals surface area contributed by atoms with Crippen molar-refractivity contribution >= 4 is 5.97 Å². The summed E-state index contributed by atoms with van der Waals surface area (Å²) >= 11 is 0. The van der Waals surface area contributed by atoms with Gasteiger partial charge in [0.15, 0.2) is 0 Å². The van der Waals surface area contributed by atoms with E-state index in [1.165, 1.54) is 6.92 Å². The molecule has 0 aliphatic carbocycles. The number of ether oxygens (including phenoxy) is 1. The zero-order valence-corrected chi connectivity index (χ0v) is 9.16. The Balaban J connectivity index is -0.0000000208.